The molecule has 2 N–H and O–H groups in total. The zero-order chi connectivity index (χ0) is 18.6. The van der Waals surface area contributed by atoms with Crippen molar-refractivity contribution in [2.75, 3.05) is 5.32 Å². The Kier molecular flexibility index (Phi) is 5.84. The number of nitrogens with one attached hydrogen (secondary N) is 2. The molecular formula is C16H16ClF3N4O. The minimum Gasteiger partial charge on any atom is -0.348 e. The number of benzene rings is 1. The van der Waals surface area contributed by atoms with Gasteiger partial charge in [-0.05, 0) is 31.5 Å². The summed E-state index contributed by atoms with van der Waals surface area (Å²) in [5.74, 6) is -0.188. The number of halogens is 4. The molecule has 1 amide bonds. The summed E-state index contributed by atoms with van der Waals surface area (Å²) < 4.78 is 38.7. The van der Waals surface area contributed by atoms with Gasteiger partial charge in [-0.25, -0.2) is 9.97 Å². The van der Waals surface area contributed by atoms with Crippen LogP contribution in [0, 0.1) is 0 Å². The number of aromatic nitrogens is 2. The SMILES string of the molecule is CCC(C)NC(=O)c1cc(Nc2ccc(Cl)c(C(F)(F)F)c2)ncn1. The van der Waals surface area contributed by atoms with Crippen LogP contribution in [0.25, 0.3) is 0 Å². The van der Waals surface area contributed by atoms with Crippen molar-refractivity contribution < 1.29 is 18.0 Å². The Hall–Kier alpha value is -2.35. The maximum absolute atomic E-state index is 12.9. The van der Waals surface area contributed by atoms with E-state index in [2.05, 4.69) is 20.6 Å². The Morgan fingerprint density at radius 2 is 2.00 bits per heavy atom. The molecule has 2 rings (SSSR count). The summed E-state index contributed by atoms with van der Waals surface area (Å²) in [4.78, 5) is 19.8. The topological polar surface area (TPSA) is 66.9 Å². The molecule has 1 aromatic heterocycles. The molecular weight excluding hydrogens is 357 g/mol. The van der Waals surface area contributed by atoms with Crippen molar-refractivity contribution in [3.8, 4) is 0 Å². The fourth-order valence-corrected chi connectivity index (χ4v) is 2.14. The summed E-state index contributed by atoms with van der Waals surface area (Å²) in [5.41, 5.74) is -0.700. The molecule has 134 valence electrons. The van der Waals surface area contributed by atoms with Crippen LogP contribution >= 0.6 is 11.6 Å². The monoisotopic (exact) mass is 372 g/mol. The first-order valence-electron chi connectivity index (χ1n) is 7.47. The molecule has 1 heterocycles. The van der Waals surface area contributed by atoms with Crippen molar-refractivity contribution in [3.05, 3.63) is 46.9 Å². The van der Waals surface area contributed by atoms with E-state index in [0.717, 1.165) is 24.9 Å². The minimum absolute atomic E-state index is 0.0236. The van der Waals surface area contributed by atoms with E-state index in [1.165, 1.54) is 12.1 Å². The molecule has 0 aliphatic heterocycles. The Bertz CT molecular complexity index is 767. The predicted octanol–water partition coefficient (Wildman–Crippen LogP) is 4.42. The van der Waals surface area contributed by atoms with Crippen LogP contribution in [-0.2, 0) is 6.18 Å². The second kappa shape index (κ2) is 7.69. The zero-order valence-electron chi connectivity index (χ0n) is 13.5. The molecule has 1 atom stereocenters. The first kappa shape index (κ1) is 19.0. The number of carbonyl (C=O) groups excluding carboxylic acids is 1. The molecule has 0 aliphatic rings. The van der Waals surface area contributed by atoms with Crippen LogP contribution in [0.15, 0.2) is 30.6 Å². The minimum atomic E-state index is -4.57. The molecule has 2 aromatic rings. The molecule has 0 saturated heterocycles. The van der Waals surface area contributed by atoms with Crippen molar-refractivity contribution in [2.45, 2.75) is 32.5 Å². The summed E-state index contributed by atoms with van der Waals surface area (Å²) in [6.07, 6.45) is -2.65. The largest absolute Gasteiger partial charge is 0.417 e. The summed E-state index contributed by atoms with van der Waals surface area (Å²) in [5, 5.41) is 5.07. The lowest BCUT2D eigenvalue weighted by atomic mass is 10.2. The quantitative estimate of drug-likeness (QED) is 0.815. The molecule has 5 nitrogen and oxygen atoms in total. The van der Waals surface area contributed by atoms with Crippen LogP contribution in [0.3, 0.4) is 0 Å². The van der Waals surface area contributed by atoms with Crippen LogP contribution < -0.4 is 10.6 Å². The summed E-state index contributed by atoms with van der Waals surface area (Å²) in [7, 11) is 0. The van der Waals surface area contributed by atoms with E-state index in [9.17, 15) is 18.0 Å². The lowest BCUT2D eigenvalue weighted by molar-refractivity contribution is -0.137. The number of anilines is 2. The van der Waals surface area contributed by atoms with E-state index >= 15 is 0 Å². The third-order valence-corrected chi connectivity index (χ3v) is 3.76. The van der Waals surface area contributed by atoms with Crippen LogP contribution in [0.2, 0.25) is 5.02 Å². The van der Waals surface area contributed by atoms with Gasteiger partial charge in [-0.2, -0.15) is 13.2 Å². The molecule has 0 saturated carbocycles. The van der Waals surface area contributed by atoms with Gasteiger partial charge in [0.2, 0.25) is 0 Å². The Morgan fingerprint density at radius 1 is 1.28 bits per heavy atom. The molecule has 1 unspecified atom stereocenters. The van der Waals surface area contributed by atoms with Crippen LogP contribution in [0.1, 0.15) is 36.3 Å². The number of carbonyl (C=O) groups is 1. The van der Waals surface area contributed by atoms with E-state index in [0.29, 0.717) is 0 Å². The molecule has 0 aliphatic carbocycles. The van der Waals surface area contributed by atoms with E-state index in [-0.39, 0.29) is 29.1 Å². The van der Waals surface area contributed by atoms with Crippen molar-refractivity contribution in [2.24, 2.45) is 0 Å². The fourth-order valence-electron chi connectivity index (χ4n) is 1.92. The van der Waals surface area contributed by atoms with Crippen LogP contribution in [0.5, 0.6) is 0 Å². The Morgan fingerprint density at radius 3 is 2.64 bits per heavy atom. The first-order valence-corrected chi connectivity index (χ1v) is 7.85. The van der Waals surface area contributed by atoms with Gasteiger partial charge in [-0.15, -0.1) is 0 Å². The van der Waals surface area contributed by atoms with Gasteiger partial charge in [0.15, 0.2) is 0 Å². The van der Waals surface area contributed by atoms with Crippen molar-refractivity contribution in [1.82, 2.24) is 15.3 Å². The highest BCUT2D eigenvalue weighted by Gasteiger charge is 2.33. The third kappa shape index (κ3) is 5.06. The molecule has 1 aromatic carbocycles. The average Bonchev–Trinajstić information content (AvgIpc) is 2.55. The van der Waals surface area contributed by atoms with E-state index in [4.69, 9.17) is 11.6 Å². The molecule has 0 fully saturated rings. The second-order valence-electron chi connectivity index (χ2n) is 5.39. The number of amides is 1. The summed E-state index contributed by atoms with van der Waals surface area (Å²) >= 11 is 5.59. The zero-order valence-corrected chi connectivity index (χ0v) is 14.2. The van der Waals surface area contributed by atoms with Crippen molar-refractivity contribution in [1.29, 1.82) is 0 Å². The van der Waals surface area contributed by atoms with Crippen LogP contribution in [-0.4, -0.2) is 21.9 Å². The number of nitrogens with zero attached hydrogens (tertiary/aromatic N) is 2. The van der Waals surface area contributed by atoms with Gasteiger partial charge < -0.3 is 10.6 Å². The number of hydrogen-bond donors (Lipinski definition) is 2. The first-order chi connectivity index (χ1) is 11.7. The maximum atomic E-state index is 12.9. The lowest BCUT2D eigenvalue weighted by Crippen LogP contribution is -2.32. The normalized spacial score (nSPS) is 12.6. The van der Waals surface area contributed by atoms with Crippen LogP contribution in [0.4, 0.5) is 24.7 Å². The lowest BCUT2D eigenvalue weighted by Gasteiger charge is -2.13. The van der Waals surface area contributed by atoms with E-state index in [1.54, 1.807) is 0 Å². The highest BCUT2D eigenvalue weighted by molar-refractivity contribution is 6.31. The summed E-state index contributed by atoms with van der Waals surface area (Å²) in [6.45, 7) is 3.78. The van der Waals surface area contributed by atoms with E-state index < -0.39 is 16.8 Å². The van der Waals surface area contributed by atoms with E-state index in [1.807, 2.05) is 13.8 Å². The van der Waals surface area contributed by atoms with Gasteiger partial charge in [0, 0.05) is 17.8 Å². The van der Waals surface area contributed by atoms with Gasteiger partial charge in [-0.1, -0.05) is 18.5 Å². The number of rotatable bonds is 5. The Balaban J connectivity index is 2.21. The summed E-state index contributed by atoms with van der Waals surface area (Å²) in [6, 6.07) is 4.75. The van der Waals surface area contributed by atoms with Gasteiger partial charge in [0.05, 0.1) is 10.6 Å². The molecule has 0 bridgehead atoms. The highest BCUT2D eigenvalue weighted by atomic mass is 35.5. The number of alkyl halides is 3. The smallest absolute Gasteiger partial charge is 0.348 e. The highest BCUT2D eigenvalue weighted by Crippen LogP contribution is 2.36. The Labute approximate surface area is 147 Å². The second-order valence-corrected chi connectivity index (χ2v) is 5.80. The van der Waals surface area contributed by atoms with Gasteiger partial charge in [0.1, 0.15) is 17.8 Å². The van der Waals surface area contributed by atoms with Gasteiger partial charge in [-0.3, -0.25) is 4.79 Å². The number of hydrogen-bond acceptors (Lipinski definition) is 4. The van der Waals surface area contributed by atoms with Crippen molar-refractivity contribution >= 4 is 29.0 Å². The molecule has 0 radical (unpaired) electrons. The van der Waals surface area contributed by atoms with Gasteiger partial charge in [0.25, 0.3) is 5.91 Å². The third-order valence-electron chi connectivity index (χ3n) is 3.43. The average molecular weight is 373 g/mol. The molecule has 25 heavy (non-hydrogen) atoms. The maximum Gasteiger partial charge on any atom is 0.417 e. The standard InChI is InChI=1S/C16H16ClF3N4O/c1-3-9(2)23-15(25)13-7-14(22-8-21-13)24-10-4-5-12(17)11(6-10)16(18,19)20/h4-9H,3H2,1-2H3,(H,23,25)(H,21,22,24). The fraction of sp³-hybridized carbons (Fsp3) is 0.312. The van der Waals surface area contributed by atoms with Crippen molar-refractivity contribution in [3.63, 3.8) is 0 Å². The molecule has 0 spiro atoms. The predicted molar refractivity (Wildman–Crippen MR) is 89.0 cm³/mol. The molecule has 9 heteroatoms. The van der Waals surface area contributed by atoms with Gasteiger partial charge >= 0.3 is 6.18 Å².